The van der Waals surface area contributed by atoms with Gasteiger partial charge in [0.25, 0.3) is 0 Å². The van der Waals surface area contributed by atoms with Gasteiger partial charge < -0.3 is 9.47 Å². The van der Waals surface area contributed by atoms with Crippen molar-refractivity contribution in [1.82, 2.24) is 14.8 Å². The van der Waals surface area contributed by atoms with E-state index in [0.29, 0.717) is 11.4 Å². The SMILES string of the molecule is CCc1nc(-c2ccccc2OC)sc1NC(=O)OCc1ccc2nn(CC)cc2c1. The van der Waals surface area contributed by atoms with Crippen molar-refractivity contribution in [3.63, 3.8) is 0 Å². The van der Waals surface area contributed by atoms with Gasteiger partial charge in [0, 0.05) is 18.1 Å². The number of aromatic nitrogens is 3. The fraction of sp³-hybridized carbons (Fsp3) is 0.261. The molecule has 2 heterocycles. The van der Waals surface area contributed by atoms with Gasteiger partial charge in [0.2, 0.25) is 0 Å². The van der Waals surface area contributed by atoms with E-state index in [1.54, 1.807) is 7.11 Å². The van der Waals surface area contributed by atoms with Gasteiger partial charge in [0.15, 0.2) is 0 Å². The number of benzene rings is 2. The first-order valence-corrected chi connectivity index (χ1v) is 11.0. The second-order valence-electron chi connectivity index (χ2n) is 6.93. The molecule has 31 heavy (non-hydrogen) atoms. The van der Waals surface area contributed by atoms with E-state index in [-0.39, 0.29) is 6.61 Å². The van der Waals surface area contributed by atoms with Gasteiger partial charge in [-0.15, -0.1) is 0 Å². The number of anilines is 1. The molecule has 1 amide bonds. The maximum absolute atomic E-state index is 12.4. The zero-order valence-electron chi connectivity index (χ0n) is 17.7. The van der Waals surface area contributed by atoms with E-state index in [1.165, 1.54) is 11.3 Å². The molecular formula is C23H24N4O3S. The highest BCUT2D eigenvalue weighted by Crippen LogP contribution is 2.37. The fourth-order valence-corrected chi connectivity index (χ4v) is 4.35. The van der Waals surface area contributed by atoms with Crippen molar-refractivity contribution in [2.24, 2.45) is 0 Å². The van der Waals surface area contributed by atoms with E-state index in [2.05, 4.69) is 15.4 Å². The molecule has 0 saturated carbocycles. The molecule has 7 nitrogen and oxygen atoms in total. The van der Waals surface area contributed by atoms with E-state index < -0.39 is 6.09 Å². The first kappa shape index (κ1) is 20.9. The Balaban J connectivity index is 1.45. The molecule has 0 fully saturated rings. The third-order valence-corrected chi connectivity index (χ3v) is 5.94. The predicted molar refractivity (Wildman–Crippen MR) is 123 cm³/mol. The summed E-state index contributed by atoms with van der Waals surface area (Å²) in [6.07, 6.45) is 2.18. The van der Waals surface area contributed by atoms with Crippen molar-refractivity contribution < 1.29 is 14.3 Å². The minimum absolute atomic E-state index is 0.179. The van der Waals surface area contributed by atoms with Gasteiger partial charge in [-0.3, -0.25) is 10.00 Å². The van der Waals surface area contributed by atoms with Crippen LogP contribution in [-0.4, -0.2) is 28.0 Å². The minimum atomic E-state index is -0.505. The maximum Gasteiger partial charge on any atom is 0.412 e. The van der Waals surface area contributed by atoms with Gasteiger partial charge in [0.05, 0.1) is 23.9 Å². The number of amides is 1. The van der Waals surface area contributed by atoms with Crippen LogP contribution in [0, 0.1) is 0 Å². The highest BCUT2D eigenvalue weighted by atomic mass is 32.1. The molecule has 1 N–H and O–H groups in total. The maximum atomic E-state index is 12.4. The van der Waals surface area contributed by atoms with Gasteiger partial charge in [-0.25, -0.2) is 9.78 Å². The number of nitrogens with one attached hydrogen (secondary N) is 1. The Bertz CT molecular complexity index is 1210. The Hall–Kier alpha value is -3.39. The quantitative estimate of drug-likeness (QED) is 0.414. The molecule has 0 spiro atoms. The normalized spacial score (nSPS) is 10.9. The summed E-state index contributed by atoms with van der Waals surface area (Å²) in [7, 11) is 1.63. The molecule has 2 aromatic carbocycles. The van der Waals surface area contributed by atoms with Crippen molar-refractivity contribution in [3.8, 4) is 16.3 Å². The summed E-state index contributed by atoms with van der Waals surface area (Å²) in [5.41, 5.74) is 3.55. The van der Waals surface area contributed by atoms with Crippen LogP contribution in [-0.2, 0) is 24.3 Å². The summed E-state index contributed by atoms with van der Waals surface area (Å²) in [4.78, 5) is 17.1. The van der Waals surface area contributed by atoms with Crippen LogP contribution in [0.2, 0.25) is 0 Å². The number of methoxy groups -OCH3 is 1. The summed E-state index contributed by atoms with van der Waals surface area (Å²) < 4.78 is 12.8. The smallest absolute Gasteiger partial charge is 0.412 e. The largest absolute Gasteiger partial charge is 0.496 e. The van der Waals surface area contributed by atoms with Crippen molar-refractivity contribution in [2.45, 2.75) is 33.4 Å². The third-order valence-electron chi connectivity index (χ3n) is 4.90. The number of carbonyl (C=O) groups excluding carboxylic acids is 1. The number of aryl methyl sites for hydroxylation is 2. The number of carbonyl (C=O) groups is 1. The van der Waals surface area contributed by atoms with Gasteiger partial charge in [0.1, 0.15) is 22.4 Å². The Labute approximate surface area is 184 Å². The minimum Gasteiger partial charge on any atom is -0.496 e. The van der Waals surface area contributed by atoms with Crippen LogP contribution >= 0.6 is 11.3 Å². The molecule has 160 valence electrons. The summed E-state index contributed by atoms with van der Waals surface area (Å²) in [6.45, 7) is 5.04. The molecule has 4 rings (SSSR count). The molecule has 0 atom stereocenters. The lowest BCUT2D eigenvalue weighted by Crippen LogP contribution is -2.13. The lowest BCUT2D eigenvalue weighted by Gasteiger charge is -2.06. The van der Waals surface area contributed by atoms with Crippen LogP contribution in [0.5, 0.6) is 5.75 Å². The van der Waals surface area contributed by atoms with E-state index >= 15 is 0 Å². The van der Waals surface area contributed by atoms with E-state index in [9.17, 15) is 4.79 Å². The van der Waals surface area contributed by atoms with Crippen molar-refractivity contribution in [2.75, 3.05) is 12.4 Å². The fourth-order valence-electron chi connectivity index (χ4n) is 3.28. The first-order valence-electron chi connectivity index (χ1n) is 10.1. The summed E-state index contributed by atoms with van der Waals surface area (Å²) in [5, 5.41) is 9.82. The monoisotopic (exact) mass is 436 g/mol. The number of ether oxygens (including phenoxy) is 2. The Morgan fingerprint density at radius 3 is 2.81 bits per heavy atom. The Kier molecular flexibility index (Phi) is 6.18. The van der Waals surface area contributed by atoms with Crippen molar-refractivity contribution in [3.05, 3.63) is 59.9 Å². The zero-order valence-corrected chi connectivity index (χ0v) is 18.5. The van der Waals surface area contributed by atoms with Gasteiger partial charge in [-0.2, -0.15) is 5.10 Å². The van der Waals surface area contributed by atoms with Crippen molar-refractivity contribution in [1.29, 1.82) is 0 Å². The first-order chi connectivity index (χ1) is 15.1. The molecule has 0 unspecified atom stereocenters. The molecular weight excluding hydrogens is 412 g/mol. The van der Waals surface area contributed by atoms with Gasteiger partial charge in [-0.05, 0) is 43.2 Å². The van der Waals surface area contributed by atoms with Gasteiger partial charge in [-0.1, -0.05) is 36.5 Å². The number of hydrogen-bond donors (Lipinski definition) is 1. The third kappa shape index (κ3) is 4.54. The summed E-state index contributed by atoms with van der Waals surface area (Å²) >= 11 is 1.41. The lowest BCUT2D eigenvalue weighted by molar-refractivity contribution is 0.155. The number of para-hydroxylation sites is 1. The molecule has 0 aliphatic heterocycles. The van der Waals surface area contributed by atoms with Crippen LogP contribution in [0.4, 0.5) is 9.80 Å². The van der Waals surface area contributed by atoms with Crippen LogP contribution < -0.4 is 10.1 Å². The summed E-state index contributed by atoms with van der Waals surface area (Å²) in [5.74, 6) is 0.745. The van der Waals surface area contributed by atoms with Crippen LogP contribution in [0.1, 0.15) is 25.1 Å². The molecule has 0 saturated heterocycles. The highest BCUT2D eigenvalue weighted by molar-refractivity contribution is 7.19. The molecule has 4 aromatic rings. The number of fused-ring (bicyclic) bond motifs is 1. The molecule has 0 aliphatic rings. The van der Waals surface area contributed by atoms with E-state index in [1.807, 2.05) is 67.2 Å². The number of hydrogen-bond acceptors (Lipinski definition) is 6. The summed E-state index contributed by atoms with van der Waals surface area (Å²) in [6, 6.07) is 13.6. The number of rotatable bonds is 7. The lowest BCUT2D eigenvalue weighted by atomic mass is 10.2. The number of nitrogens with zero attached hydrogens (tertiary/aromatic N) is 3. The van der Waals surface area contributed by atoms with Crippen molar-refractivity contribution >= 4 is 33.3 Å². The molecule has 0 radical (unpaired) electrons. The second-order valence-corrected chi connectivity index (χ2v) is 7.93. The van der Waals surface area contributed by atoms with Crippen LogP contribution in [0.15, 0.2) is 48.7 Å². The van der Waals surface area contributed by atoms with E-state index in [0.717, 1.165) is 45.0 Å². The Morgan fingerprint density at radius 1 is 1.19 bits per heavy atom. The topological polar surface area (TPSA) is 78.3 Å². The predicted octanol–water partition coefficient (Wildman–Crippen LogP) is 5.50. The van der Waals surface area contributed by atoms with E-state index in [4.69, 9.17) is 9.47 Å². The zero-order chi connectivity index (χ0) is 21.8. The molecule has 0 bridgehead atoms. The standard InChI is InChI=1S/C23H24N4O3S/c1-4-18-22(31-21(24-18)17-8-6-7-9-20(17)29-3)25-23(28)30-14-15-10-11-19-16(12-15)13-27(5-2)26-19/h6-13H,4-5,14H2,1-3H3,(H,25,28). The van der Waals surface area contributed by atoms with Crippen LogP contribution in [0.3, 0.4) is 0 Å². The highest BCUT2D eigenvalue weighted by Gasteiger charge is 2.17. The number of thiazole rings is 1. The average Bonchev–Trinajstić information content (AvgIpc) is 3.40. The average molecular weight is 437 g/mol. The molecule has 0 aliphatic carbocycles. The second kappa shape index (κ2) is 9.18. The molecule has 8 heteroatoms. The van der Waals surface area contributed by atoms with Gasteiger partial charge >= 0.3 is 6.09 Å². The molecule has 2 aromatic heterocycles. The van der Waals surface area contributed by atoms with Crippen LogP contribution in [0.25, 0.3) is 21.5 Å². The Morgan fingerprint density at radius 2 is 2.03 bits per heavy atom.